The average Bonchev–Trinajstić information content (AvgIpc) is 2.52. The molecular weight excluding hydrogens is 266 g/mol. The third-order valence-electron chi connectivity index (χ3n) is 4.53. The highest BCUT2D eigenvalue weighted by Gasteiger charge is 2.44. The van der Waals surface area contributed by atoms with E-state index >= 15 is 0 Å². The molecule has 0 bridgehead atoms. The van der Waals surface area contributed by atoms with Crippen LogP contribution in [0.1, 0.15) is 51.3 Å². The molecule has 5 heteroatoms. The Balaban J connectivity index is 2.36. The summed E-state index contributed by atoms with van der Waals surface area (Å²) in [4.78, 5) is 8.80. The van der Waals surface area contributed by atoms with Crippen molar-refractivity contribution in [3.8, 4) is 5.88 Å². The molecule has 0 radical (unpaired) electrons. The summed E-state index contributed by atoms with van der Waals surface area (Å²) in [5.41, 5.74) is 0.616. The first kappa shape index (κ1) is 16.2. The maximum absolute atomic E-state index is 6.24. The van der Waals surface area contributed by atoms with E-state index in [9.17, 15) is 0 Å². The smallest absolute Gasteiger partial charge is 0.237 e. The summed E-state index contributed by atoms with van der Waals surface area (Å²) >= 11 is 0. The lowest BCUT2D eigenvalue weighted by atomic mass is 9.74. The zero-order chi connectivity index (χ0) is 15.3. The number of hydrogen-bond acceptors (Lipinski definition) is 5. The van der Waals surface area contributed by atoms with Gasteiger partial charge in [-0.3, -0.25) is 4.98 Å². The summed E-state index contributed by atoms with van der Waals surface area (Å²) < 4.78 is 11.6. The van der Waals surface area contributed by atoms with Crippen LogP contribution in [0.5, 0.6) is 5.88 Å². The van der Waals surface area contributed by atoms with Crippen LogP contribution in [0.25, 0.3) is 0 Å². The van der Waals surface area contributed by atoms with E-state index in [1.54, 1.807) is 19.5 Å². The molecule has 1 aliphatic rings. The Labute approximate surface area is 127 Å². The van der Waals surface area contributed by atoms with Gasteiger partial charge in [0.25, 0.3) is 0 Å². The second kappa shape index (κ2) is 7.18. The van der Waals surface area contributed by atoms with Gasteiger partial charge in [-0.1, -0.05) is 6.92 Å². The Bertz CT molecular complexity index is 445. The topological polar surface area (TPSA) is 56.3 Å². The minimum atomic E-state index is -0.223. The number of ether oxygens (including phenoxy) is 2. The molecule has 1 aromatic heterocycles. The van der Waals surface area contributed by atoms with E-state index in [0.29, 0.717) is 12.5 Å². The van der Waals surface area contributed by atoms with Gasteiger partial charge in [0.1, 0.15) is 5.69 Å². The van der Waals surface area contributed by atoms with Gasteiger partial charge in [-0.05, 0) is 45.6 Å². The summed E-state index contributed by atoms with van der Waals surface area (Å²) in [6.45, 7) is 5.07. The highest BCUT2D eigenvalue weighted by atomic mass is 16.5. The Kier molecular flexibility index (Phi) is 5.53. The second-order valence-electron chi connectivity index (χ2n) is 5.85. The number of methoxy groups -OCH3 is 1. The molecule has 1 aliphatic carbocycles. The van der Waals surface area contributed by atoms with Gasteiger partial charge in [-0.15, -0.1) is 0 Å². The van der Waals surface area contributed by atoms with Crippen molar-refractivity contribution < 1.29 is 9.47 Å². The van der Waals surface area contributed by atoms with Crippen molar-refractivity contribution in [1.82, 2.24) is 15.3 Å². The maximum Gasteiger partial charge on any atom is 0.237 e. The van der Waals surface area contributed by atoms with Crippen molar-refractivity contribution in [3.63, 3.8) is 0 Å². The molecule has 0 aromatic carbocycles. The molecule has 5 nitrogen and oxygen atoms in total. The van der Waals surface area contributed by atoms with E-state index in [4.69, 9.17) is 9.47 Å². The van der Waals surface area contributed by atoms with E-state index in [1.165, 1.54) is 12.8 Å². The number of likely N-dealkylation sites (N-methyl/N-ethyl adjacent to an activating group) is 1. The molecule has 21 heavy (non-hydrogen) atoms. The number of nitrogens with zero attached hydrogens (tertiary/aromatic N) is 2. The highest BCUT2D eigenvalue weighted by molar-refractivity contribution is 5.25. The minimum absolute atomic E-state index is 0.00593. The molecule has 1 N–H and O–H groups in total. The van der Waals surface area contributed by atoms with E-state index in [0.717, 1.165) is 24.5 Å². The van der Waals surface area contributed by atoms with Gasteiger partial charge in [0.05, 0.1) is 18.8 Å². The van der Waals surface area contributed by atoms with E-state index < -0.39 is 0 Å². The van der Waals surface area contributed by atoms with Crippen molar-refractivity contribution in [1.29, 1.82) is 0 Å². The van der Waals surface area contributed by atoms with Crippen LogP contribution in [-0.2, 0) is 4.74 Å². The van der Waals surface area contributed by atoms with Gasteiger partial charge < -0.3 is 14.8 Å². The average molecular weight is 293 g/mol. The van der Waals surface area contributed by atoms with Crippen molar-refractivity contribution in [2.45, 2.75) is 51.2 Å². The Morgan fingerprint density at radius 2 is 2.00 bits per heavy atom. The summed E-state index contributed by atoms with van der Waals surface area (Å²) in [6, 6.07) is -0.00593. The molecule has 0 saturated heterocycles. The lowest BCUT2D eigenvalue weighted by Crippen LogP contribution is -2.48. The van der Waals surface area contributed by atoms with Gasteiger partial charge in [0.15, 0.2) is 0 Å². The molecular formula is C16H27N3O2. The van der Waals surface area contributed by atoms with E-state index in [1.807, 2.05) is 7.05 Å². The molecule has 0 spiro atoms. The van der Waals surface area contributed by atoms with Crippen LogP contribution in [0, 0.1) is 5.92 Å². The molecule has 0 aliphatic heterocycles. The van der Waals surface area contributed by atoms with Crippen LogP contribution < -0.4 is 10.1 Å². The maximum atomic E-state index is 6.24. The zero-order valence-electron chi connectivity index (χ0n) is 13.6. The van der Waals surface area contributed by atoms with Gasteiger partial charge in [0, 0.05) is 19.0 Å². The second-order valence-corrected chi connectivity index (χ2v) is 5.85. The van der Waals surface area contributed by atoms with Crippen LogP contribution in [0.4, 0.5) is 0 Å². The summed E-state index contributed by atoms with van der Waals surface area (Å²) in [5.74, 6) is 1.34. The van der Waals surface area contributed by atoms with Crippen LogP contribution in [0.3, 0.4) is 0 Å². The first-order chi connectivity index (χ1) is 10.2. The highest BCUT2D eigenvalue weighted by Crippen LogP contribution is 2.44. The molecule has 2 rings (SSSR count). The molecule has 1 unspecified atom stereocenters. The van der Waals surface area contributed by atoms with E-state index in [-0.39, 0.29) is 11.6 Å². The SMILES string of the molecule is CCOC1(C(NC)c2nccnc2OC)CCC(C)CC1. The van der Waals surface area contributed by atoms with E-state index in [2.05, 4.69) is 29.1 Å². The predicted octanol–water partition coefficient (Wildman–Crippen LogP) is 2.73. The Morgan fingerprint density at radius 3 is 2.57 bits per heavy atom. The van der Waals surface area contributed by atoms with Gasteiger partial charge in [0.2, 0.25) is 5.88 Å². The lowest BCUT2D eigenvalue weighted by Gasteiger charge is -2.44. The fourth-order valence-corrected chi connectivity index (χ4v) is 3.39. The number of nitrogens with one attached hydrogen (secondary N) is 1. The Morgan fingerprint density at radius 1 is 1.33 bits per heavy atom. The first-order valence-electron chi connectivity index (χ1n) is 7.83. The van der Waals surface area contributed by atoms with Gasteiger partial charge >= 0.3 is 0 Å². The number of rotatable bonds is 6. The Hall–Kier alpha value is -1.20. The summed E-state index contributed by atoms with van der Waals surface area (Å²) in [6.07, 6.45) is 7.81. The third kappa shape index (κ3) is 3.35. The van der Waals surface area contributed by atoms with Crippen molar-refractivity contribution in [2.24, 2.45) is 5.92 Å². The predicted molar refractivity (Wildman–Crippen MR) is 82.4 cm³/mol. The fourth-order valence-electron chi connectivity index (χ4n) is 3.39. The molecule has 0 amide bonds. The van der Waals surface area contributed by atoms with Crippen LogP contribution in [0.2, 0.25) is 0 Å². The van der Waals surface area contributed by atoms with Crippen LogP contribution in [0.15, 0.2) is 12.4 Å². The summed E-state index contributed by atoms with van der Waals surface area (Å²) in [5, 5.41) is 3.40. The lowest BCUT2D eigenvalue weighted by molar-refractivity contribution is -0.0975. The zero-order valence-corrected chi connectivity index (χ0v) is 13.6. The third-order valence-corrected chi connectivity index (χ3v) is 4.53. The van der Waals surface area contributed by atoms with Crippen molar-refractivity contribution in [2.75, 3.05) is 20.8 Å². The molecule has 1 fully saturated rings. The molecule has 1 atom stereocenters. The molecule has 1 heterocycles. The van der Waals surface area contributed by atoms with Crippen molar-refractivity contribution >= 4 is 0 Å². The fraction of sp³-hybridized carbons (Fsp3) is 0.750. The minimum Gasteiger partial charge on any atom is -0.480 e. The largest absolute Gasteiger partial charge is 0.480 e. The van der Waals surface area contributed by atoms with Crippen LogP contribution in [-0.4, -0.2) is 36.3 Å². The molecule has 1 aromatic rings. The number of aromatic nitrogens is 2. The monoisotopic (exact) mass is 293 g/mol. The first-order valence-corrected chi connectivity index (χ1v) is 7.83. The normalized spacial score (nSPS) is 27.3. The summed E-state index contributed by atoms with van der Waals surface area (Å²) in [7, 11) is 3.59. The standard InChI is InChI=1S/C16H27N3O2/c1-5-21-16(8-6-12(2)7-9-16)14(17-3)13-15(20-4)19-11-10-18-13/h10-12,14,17H,5-9H2,1-4H3. The quantitative estimate of drug-likeness (QED) is 0.874. The van der Waals surface area contributed by atoms with Gasteiger partial charge in [-0.2, -0.15) is 0 Å². The number of hydrogen-bond donors (Lipinski definition) is 1. The molecule has 1 saturated carbocycles. The van der Waals surface area contributed by atoms with Gasteiger partial charge in [-0.25, -0.2) is 4.98 Å². The molecule has 118 valence electrons. The van der Waals surface area contributed by atoms with Crippen molar-refractivity contribution in [3.05, 3.63) is 18.1 Å². The van der Waals surface area contributed by atoms with Crippen LogP contribution >= 0.6 is 0 Å².